The largest absolute Gasteiger partial charge is 0.492 e. The second-order valence-corrected chi connectivity index (χ2v) is 9.86. The molecule has 2 atom stereocenters. The van der Waals surface area contributed by atoms with E-state index < -0.39 is 0 Å². The summed E-state index contributed by atoms with van der Waals surface area (Å²) in [7, 11) is 0. The Balaban J connectivity index is 1.34. The fraction of sp³-hybridized carbons (Fsp3) is 0.560. The summed E-state index contributed by atoms with van der Waals surface area (Å²) in [5.41, 5.74) is 1.48. The van der Waals surface area contributed by atoms with Crippen molar-refractivity contribution in [3.8, 4) is 5.75 Å². The summed E-state index contributed by atoms with van der Waals surface area (Å²) in [6, 6.07) is 5.97. The van der Waals surface area contributed by atoms with Crippen molar-refractivity contribution < 1.29 is 9.53 Å². The summed E-state index contributed by atoms with van der Waals surface area (Å²) in [6.07, 6.45) is 8.66. The standard InChI is InChI=1S/C25H32ClN5O2/c1-2-33-22-9-8-16(10-21(22)26)12-27-23-20(24(32)29-19-6-4-3-5-7-19)13-28-25(30-23)31-14-17-11-18(17)15-31/h8-10,13,17-19H,2-7,11-12,14-15H2,1H3,(H,29,32)(H,27,28,30). The molecule has 2 saturated carbocycles. The van der Waals surface area contributed by atoms with Gasteiger partial charge in [-0.2, -0.15) is 4.98 Å². The molecule has 1 aromatic heterocycles. The number of halogens is 1. The van der Waals surface area contributed by atoms with Crippen molar-refractivity contribution in [3.05, 3.63) is 40.5 Å². The minimum Gasteiger partial charge on any atom is -0.492 e. The van der Waals surface area contributed by atoms with Gasteiger partial charge in [0.25, 0.3) is 5.91 Å². The molecule has 1 saturated heterocycles. The van der Waals surface area contributed by atoms with E-state index in [1.807, 2.05) is 25.1 Å². The Hall–Kier alpha value is -2.54. The number of amides is 1. The molecular weight excluding hydrogens is 438 g/mol. The van der Waals surface area contributed by atoms with Gasteiger partial charge in [0.05, 0.1) is 11.6 Å². The highest BCUT2D eigenvalue weighted by molar-refractivity contribution is 6.32. The summed E-state index contributed by atoms with van der Waals surface area (Å²) in [5, 5.41) is 7.15. The molecular formula is C25H32ClN5O2. The van der Waals surface area contributed by atoms with Crippen molar-refractivity contribution in [1.82, 2.24) is 15.3 Å². The number of hydrogen-bond acceptors (Lipinski definition) is 6. The number of nitrogens with one attached hydrogen (secondary N) is 2. The van der Waals surface area contributed by atoms with Gasteiger partial charge < -0.3 is 20.3 Å². The molecule has 8 heteroatoms. The van der Waals surface area contributed by atoms with Crippen LogP contribution in [-0.2, 0) is 6.54 Å². The molecule has 176 valence electrons. The fourth-order valence-electron chi connectivity index (χ4n) is 5.01. The van der Waals surface area contributed by atoms with E-state index >= 15 is 0 Å². The lowest BCUT2D eigenvalue weighted by Crippen LogP contribution is -2.37. The fourth-order valence-corrected chi connectivity index (χ4v) is 5.27. The predicted molar refractivity (Wildman–Crippen MR) is 130 cm³/mol. The number of ether oxygens (including phenoxy) is 1. The average molecular weight is 470 g/mol. The van der Waals surface area contributed by atoms with E-state index in [9.17, 15) is 4.79 Å². The molecule has 1 aliphatic heterocycles. The quantitative estimate of drug-likeness (QED) is 0.585. The van der Waals surface area contributed by atoms with Crippen molar-refractivity contribution in [2.24, 2.45) is 11.8 Å². The zero-order valence-electron chi connectivity index (χ0n) is 19.1. The van der Waals surface area contributed by atoms with E-state index in [-0.39, 0.29) is 11.9 Å². The first-order chi connectivity index (χ1) is 16.1. The number of benzene rings is 1. The van der Waals surface area contributed by atoms with E-state index in [1.165, 1.54) is 25.7 Å². The first kappa shape index (κ1) is 22.3. The Morgan fingerprint density at radius 2 is 2.00 bits per heavy atom. The number of anilines is 2. The van der Waals surface area contributed by atoms with Gasteiger partial charge in [-0.1, -0.05) is 36.9 Å². The van der Waals surface area contributed by atoms with Crippen LogP contribution in [0.1, 0.15) is 61.4 Å². The van der Waals surface area contributed by atoms with Gasteiger partial charge in [0.1, 0.15) is 17.1 Å². The molecule has 2 heterocycles. The van der Waals surface area contributed by atoms with Gasteiger partial charge in [-0.25, -0.2) is 4.98 Å². The van der Waals surface area contributed by atoms with Gasteiger partial charge in [-0.05, 0) is 55.7 Å². The lowest BCUT2D eigenvalue weighted by molar-refractivity contribution is 0.0928. The third kappa shape index (κ3) is 5.18. The Morgan fingerprint density at radius 1 is 1.21 bits per heavy atom. The maximum absolute atomic E-state index is 13.1. The van der Waals surface area contributed by atoms with Crippen molar-refractivity contribution in [2.75, 3.05) is 29.9 Å². The highest BCUT2D eigenvalue weighted by Gasteiger charge is 2.46. The van der Waals surface area contributed by atoms with Crippen LogP contribution in [0.3, 0.4) is 0 Å². The Morgan fingerprint density at radius 3 is 2.73 bits per heavy atom. The van der Waals surface area contributed by atoms with Crippen LogP contribution in [0, 0.1) is 11.8 Å². The molecule has 7 nitrogen and oxygen atoms in total. The monoisotopic (exact) mass is 469 g/mol. The molecule has 2 aliphatic carbocycles. The summed E-state index contributed by atoms with van der Waals surface area (Å²) in [5.74, 6) is 3.40. The van der Waals surface area contributed by atoms with Gasteiger partial charge in [0.15, 0.2) is 0 Å². The number of rotatable bonds is 8. The van der Waals surface area contributed by atoms with Gasteiger partial charge >= 0.3 is 0 Å². The Kier molecular flexibility index (Phi) is 6.58. The van der Waals surface area contributed by atoms with Gasteiger partial charge in [0, 0.05) is 31.9 Å². The number of fused-ring (bicyclic) bond motifs is 1. The maximum Gasteiger partial charge on any atom is 0.256 e. The van der Waals surface area contributed by atoms with Crippen LogP contribution in [0.5, 0.6) is 5.75 Å². The minimum absolute atomic E-state index is 0.107. The van der Waals surface area contributed by atoms with E-state index in [1.54, 1.807) is 6.20 Å². The molecule has 0 bridgehead atoms. The molecule has 1 amide bonds. The lowest BCUT2D eigenvalue weighted by Gasteiger charge is -2.24. The molecule has 2 N–H and O–H groups in total. The lowest BCUT2D eigenvalue weighted by atomic mass is 9.95. The highest BCUT2D eigenvalue weighted by Crippen LogP contribution is 2.45. The van der Waals surface area contributed by atoms with Gasteiger partial charge in [-0.15, -0.1) is 0 Å². The smallest absolute Gasteiger partial charge is 0.256 e. The van der Waals surface area contributed by atoms with Crippen molar-refractivity contribution in [2.45, 2.75) is 58.0 Å². The average Bonchev–Trinajstić information content (AvgIpc) is 3.44. The topological polar surface area (TPSA) is 79.4 Å². The number of piperidine rings is 1. The molecule has 0 radical (unpaired) electrons. The highest BCUT2D eigenvalue weighted by atomic mass is 35.5. The molecule has 2 aromatic rings. The summed E-state index contributed by atoms with van der Waals surface area (Å²) in [4.78, 5) is 24.7. The number of aromatic nitrogens is 2. The maximum atomic E-state index is 13.1. The molecule has 1 aromatic carbocycles. The second-order valence-electron chi connectivity index (χ2n) is 9.45. The Bertz CT molecular complexity index is 1000. The molecule has 33 heavy (non-hydrogen) atoms. The third-order valence-electron chi connectivity index (χ3n) is 6.98. The van der Waals surface area contributed by atoms with Crippen LogP contribution in [0.2, 0.25) is 5.02 Å². The molecule has 3 aliphatic rings. The SMILES string of the molecule is CCOc1ccc(CNc2nc(N3CC4CC4C3)ncc2C(=O)NC2CCCCC2)cc1Cl. The van der Waals surface area contributed by atoms with Crippen LogP contribution in [0.15, 0.2) is 24.4 Å². The number of carbonyl (C=O) groups excluding carboxylic acids is 1. The molecule has 3 fully saturated rings. The first-order valence-electron chi connectivity index (χ1n) is 12.2. The van der Waals surface area contributed by atoms with Crippen LogP contribution in [0.4, 0.5) is 11.8 Å². The Labute approximate surface area is 200 Å². The summed E-state index contributed by atoms with van der Waals surface area (Å²) >= 11 is 6.36. The predicted octanol–water partition coefficient (Wildman–Crippen LogP) is 4.66. The number of nitrogens with zero attached hydrogens (tertiary/aromatic N) is 3. The first-order valence-corrected chi connectivity index (χ1v) is 12.6. The molecule has 5 rings (SSSR count). The van der Waals surface area contributed by atoms with Crippen LogP contribution in [-0.4, -0.2) is 41.6 Å². The van der Waals surface area contributed by atoms with Crippen LogP contribution in [0.25, 0.3) is 0 Å². The molecule has 0 spiro atoms. The van der Waals surface area contributed by atoms with Gasteiger partial charge in [0.2, 0.25) is 5.95 Å². The third-order valence-corrected chi connectivity index (χ3v) is 7.27. The molecule has 2 unspecified atom stereocenters. The summed E-state index contributed by atoms with van der Waals surface area (Å²) < 4.78 is 5.53. The van der Waals surface area contributed by atoms with E-state index in [2.05, 4.69) is 20.5 Å². The summed E-state index contributed by atoms with van der Waals surface area (Å²) in [6.45, 7) is 5.01. The normalized spacial score (nSPS) is 22.1. The van der Waals surface area contributed by atoms with E-state index in [4.69, 9.17) is 21.3 Å². The van der Waals surface area contributed by atoms with Crippen molar-refractivity contribution in [1.29, 1.82) is 0 Å². The van der Waals surface area contributed by atoms with Crippen molar-refractivity contribution >= 4 is 29.3 Å². The van der Waals surface area contributed by atoms with Crippen molar-refractivity contribution in [3.63, 3.8) is 0 Å². The number of carbonyl (C=O) groups is 1. The zero-order valence-corrected chi connectivity index (χ0v) is 19.9. The van der Waals surface area contributed by atoms with E-state index in [0.29, 0.717) is 41.3 Å². The van der Waals surface area contributed by atoms with E-state index in [0.717, 1.165) is 43.3 Å². The minimum atomic E-state index is -0.107. The van der Waals surface area contributed by atoms with Crippen LogP contribution >= 0.6 is 11.6 Å². The second kappa shape index (κ2) is 9.75. The van der Waals surface area contributed by atoms with Gasteiger partial charge in [-0.3, -0.25) is 4.79 Å². The zero-order chi connectivity index (χ0) is 22.8. The number of hydrogen-bond donors (Lipinski definition) is 2. The van der Waals surface area contributed by atoms with Crippen LogP contribution < -0.4 is 20.3 Å².